The summed E-state index contributed by atoms with van der Waals surface area (Å²) in [5, 5.41) is 4.84. The smallest absolute Gasteiger partial charge is 0.251 e. The van der Waals surface area contributed by atoms with Crippen LogP contribution in [0.2, 0.25) is 0 Å². The van der Waals surface area contributed by atoms with E-state index in [0.29, 0.717) is 12.0 Å². The van der Waals surface area contributed by atoms with E-state index in [0.717, 1.165) is 10.0 Å². The average Bonchev–Trinajstić information content (AvgIpc) is 2.31. The van der Waals surface area contributed by atoms with Gasteiger partial charge in [-0.1, -0.05) is 15.9 Å². The first kappa shape index (κ1) is 13.7. The van der Waals surface area contributed by atoms with Crippen molar-refractivity contribution in [3.63, 3.8) is 0 Å². The van der Waals surface area contributed by atoms with Gasteiger partial charge in [-0.25, -0.2) is 0 Å². The van der Waals surface area contributed by atoms with Crippen LogP contribution in [0.1, 0.15) is 28.8 Å². The lowest BCUT2D eigenvalue weighted by Crippen LogP contribution is -2.52. The molecule has 3 amide bonds. The molecule has 0 radical (unpaired) electrons. The van der Waals surface area contributed by atoms with Gasteiger partial charge < -0.3 is 5.32 Å². The molecule has 0 aliphatic carbocycles. The van der Waals surface area contributed by atoms with Crippen molar-refractivity contribution in [1.29, 1.82) is 0 Å². The molecule has 1 aromatic carbocycles. The van der Waals surface area contributed by atoms with Crippen molar-refractivity contribution in [3.8, 4) is 0 Å². The van der Waals surface area contributed by atoms with E-state index in [1.165, 1.54) is 0 Å². The molecule has 0 aromatic heterocycles. The van der Waals surface area contributed by atoms with Crippen molar-refractivity contribution in [1.82, 2.24) is 10.6 Å². The fraction of sp³-hybridized carbons (Fsp3) is 0.308. The van der Waals surface area contributed by atoms with Gasteiger partial charge in [0.2, 0.25) is 11.8 Å². The van der Waals surface area contributed by atoms with Gasteiger partial charge in [-0.15, -0.1) is 0 Å². The molecule has 100 valence electrons. The first-order valence-electron chi connectivity index (χ1n) is 5.87. The van der Waals surface area contributed by atoms with Gasteiger partial charge in [-0.2, -0.15) is 0 Å². The summed E-state index contributed by atoms with van der Waals surface area (Å²) in [5.74, 6) is -1.07. The van der Waals surface area contributed by atoms with Gasteiger partial charge in [0.25, 0.3) is 5.91 Å². The van der Waals surface area contributed by atoms with Gasteiger partial charge in [0.05, 0.1) is 0 Å². The Bertz CT molecular complexity index is 537. The number of halogens is 1. The molecule has 2 N–H and O–H groups in total. The van der Waals surface area contributed by atoms with Crippen LogP contribution in [0.25, 0.3) is 0 Å². The summed E-state index contributed by atoms with van der Waals surface area (Å²) in [7, 11) is 0. The van der Waals surface area contributed by atoms with Crippen LogP contribution in [0.4, 0.5) is 0 Å². The van der Waals surface area contributed by atoms with Crippen molar-refractivity contribution in [3.05, 3.63) is 33.8 Å². The molecule has 0 spiro atoms. The number of benzene rings is 1. The van der Waals surface area contributed by atoms with Crippen LogP contribution in [-0.4, -0.2) is 23.8 Å². The lowest BCUT2D eigenvalue weighted by Gasteiger charge is -2.21. The van der Waals surface area contributed by atoms with E-state index >= 15 is 0 Å². The van der Waals surface area contributed by atoms with E-state index in [9.17, 15) is 14.4 Å². The Balaban J connectivity index is 2.08. The number of rotatable bonds is 2. The number of carbonyl (C=O) groups excluding carboxylic acids is 3. The summed E-state index contributed by atoms with van der Waals surface area (Å²) in [6, 6.07) is 4.67. The van der Waals surface area contributed by atoms with Gasteiger partial charge in [-0.3, -0.25) is 19.7 Å². The Morgan fingerprint density at radius 1 is 1.37 bits per heavy atom. The third-order valence-corrected chi connectivity index (χ3v) is 3.31. The van der Waals surface area contributed by atoms with Gasteiger partial charge >= 0.3 is 0 Å². The molecule has 0 saturated carbocycles. The summed E-state index contributed by atoms with van der Waals surface area (Å²) in [6.07, 6.45) is 0.581. The van der Waals surface area contributed by atoms with E-state index in [2.05, 4.69) is 26.6 Å². The predicted octanol–water partition coefficient (Wildman–Crippen LogP) is 1.29. The SMILES string of the molecule is Cc1cc(Br)cc(C(=O)NC2CCC(=O)NC2=O)c1. The lowest BCUT2D eigenvalue weighted by molar-refractivity contribution is -0.134. The second-order valence-corrected chi connectivity index (χ2v) is 5.41. The second kappa shape index (κ2) is 5.52. The Morgan fingerprint density at radius 3 is 2.74 bits per heavy atom. The summed E-state index contributed by atoms with van der Waals surface area (Å²) < 4.78 is 0.806. The number of amides is 3. The van der Waals surface area contributed by atoms with Crippen LogP contribution < -0.4 is 10.6 Å². The van der Waals surface area contributed by atoms with Crippen LogP contribution in [0.5, 0.6) is 0 Å². The van der Waals surface area contributed by atoms with E-state index in [-0.39, 0.29) is 18.2 Å². The van der Waals surface area contributed by atoms with Crippen LogP contribution in [0.3, 0.4) is 0 Å². The molecule has 1 atom stereocenters. The molecule has 1 heterocycles. The molecule has 1 aliphatic rings. The van der Waals surface area contributed by atoms with Crippen molar-refractivity contribution >= 4 is 33.7 Å². The average molecular weight is 325 g/mol. The van der Waals surface area contributed by atoms with Crippen molar-refractivity contribution < 1.29 is 14.4 Å². The first-order chi connectivity index (χ1) is 8.95. The van der Waals surface area contributed by atoms with E-state index < -0.39 is 11.9 Å². The van der Waals surface area contributed by atoms with E-state index in [4.69, 9.17) is 0 Å². The quantitative estimate of drug-likeness (QED) is 0.805. The fourth-order valence-electron chi connectivity index (χ4n) is 1.94. The minimum absolute atomic E-state index is 0.244. The van der Waals surface area contributed by atoms with E-state index in [1.807, 2.05) is 13.0 Å². The monoisotopic (exact) mass is 324 g/mol. The zero-order chi connectivity index (χ0) is 14.0. The van der Waals surface area contributed by atoms with Crippen LogP contribution in [0.15, 0.2) is 22.7 Å². The number of nitrogens with one attached hydrogen (secondary N) is 2. The Kier molecular flexibility index (Phi) is 3.99. The maximum atomic E-state index is 12.0. The molecule has 19 heavy (non-hydrogen) atoms. The molecule has 6 heteroatoms. The van der Waals surface area contributed by atoms with Crippen molar-refractivity contribution in [2.24, 2.45) is 0 Å². The zero-order valence-electron chi connectivity index (χ0n) is 10.3. The largest absolute Gasteiger partial charge is 0.340 e. The molecule has 1 aromatic rings. The fourth-order valence-corrected chi connectivity index (χ4v) is 2.55. The number of hydrogen-bond donors (Lipinski definition) is 2. The third kappa shape index (κ3) is 3.41. The highest BCUT2D eigenvalue weighted by Gasteiger charge is 2.28. The molecular weight excluding hydrogens is 312 g/mol. The van der Waals surface area contributed by atoms with Crippen LogP contribution in [-0.2, 0) is 9.59 Å². The Morgan fingerprint density at radius 2 is 2.11 bits per heavy atom. The minimum Gasteiger partial charge on any atom is -0.340 e. The Hall–Kier alpha value is -1.69. The summed E-state index contributed by atoms with van der Waals surface area (Å²) in [5.41, 5.74) is 1.43. The third-order valence-electron chi connectivity index (χ3n) is 2.85. The summed E-state index contributed by atoms with van der Waals surface area (Å²) in [4.78, 5) is 34.6. The molecule has 0 bridgehead atoms. The molecular formula is C13H13BrN2O3. The first-order valence-corrected chi connectivity index (χ1v) is 6.67. The molecule has 5 nitrogen and oxygen atoms in total. The summed E-state index contributed by atoms with van der Waals surface area (Å²) >= 11 is 3.32. The van der Waals surface area contributed by atoms with Gasteiger partial charge in [0.15, 0.2) is 0 Å². The summed E-state index contributed by atoms with van der Waals surface area (Å²) in [6.45, 7) is 1.88. The predicted molar refractivity (Wildman–Crippen MR) is 72.5 cm³/mol. The van der Waals surface area contributed by atoms with Gasteiger partial charge in [0.1, 0.15) is 6.04 Å². The van der Waals surface area contributed by atoms with Crippen LogP contribution >= 0.6 is 15.9 Å². The molecule has 1 aliphatic heterocycles. The second-order valence-electron chi connectivity index (χ2n) is 4.49. The highest BCUT2D eigenvalue weighted by Crippen LogP contribution is 2.16. The molecule has 1 saturated heterocycles. The van der Waals surface area contributed by atoms with Crippen molar-refractivity contribution in [2.75, 3.05) is 0 Å². The maximum absolute atomic E-state index is 12.0. The van der Waals surface area contributed by atoms with Crippen molar-refractivity contribution in [2.45, 2.75) is 25.8 Å². The van der Waals surface area contributed by atoms with E-state index in [1.54, 1.807) is 12.1 Å². The highest BCUT2D eigenvalue weighted by molar-refractivity contribution is 9.10. The number of imide groups is 1. The minimum atomic E-state index is -0.649. The Labute approximate surface area is 118 Å². The van der Waals surface area contributed by atoms with Gasteiger partial charge in [0, 0.05) is 16.5 Å². The maximum Gasteiger partial charge on any atom is 0.251 e. The number of carbonyl (C=O) groups is 3. The lowest BCUT2D eigenvalue weighted by atomic mass is 10.1. The number of hydrogen-bond acceptors (Lipinski definition) is 3. The molecule has 1 unspecified atom stereocenters. The standard InChI is InChI=1S/C13H13BrN2O3/c1-7-4-8(6-9(14)5-7)12(18)15-10-2-3-11(17)16-13(10)19/h4-6,10H,2-3H2,1H3,(H,15,18)(H,16,17,19). The normalized spacial score (nSPS) is 18.9. The number of aryl methyl sites for hydroxylation is 1. The topological polar surface area (TPSA) is 75.3 Å². The van der Waals surface area contributed by atoms with Gasteiger partial charge in [-0.05, 0) is 37.1 Å². The highest BCUT2D eigenvalue weighted by atomic mass is 79.9. The zero-order valence-corrected chi connectivity index (χ0v) is 11.9. The molecule has 2 rings (SSSR count). The molecule has 1 fully saturated rings. The van der Waals surface area contributed by atoms with Crippen LogP contribution in [0, 0.1) is 6.92 Å². The number of piperidine rings is 1.